The smallest absolute Gasteiger partial charge is 0.220 e. The number of carbonyl (C=O) groups excluding carboxylic acids is 2. The average Bonchev–Trinajstić information content (AvgIpc) is 3.11. The monoisotopic (exact) mass is 344 g/mol. The van der Waals surface area contributed by atoms with Gasteiger partial charge in [0.05, 0.1) is 4.88 Å². The molecule has 1 aromatic heterocycles. The van der Waals surface area contributed by atoms with Gasteiger partial charge in [-0.2, -0.15) is 0 Å². The minimum Gasteiger partial charge on any atom is -0.355 e. The molecule has 0 unspecified atom stereocenters. The van der Waals surface area contributed by atoms with E-state index in [1.54, 1.807) is 6.07 Å². The molecule has 1 atom stereocenters. The number of nitrogens with one attached hydrogen (secondary N) is 1. The van der Waals surface area contributed by atoms with Crippen LogP contribution >= 0.6 is 11.3 Å². The summed E-state index contributed by atoms with van der Waals surface area (Å²) in [7, 11) is 4.03. The maximum absolute atomic E-state index is 12.0. The number of ketones is 1. The number of hydrogen-bond acceptors (Lipinski definition) is 4. The molecule has 5 heteroatoms. The van der Waals surface area contributed by atoms with E-state index in [1.807, 2.05) is 43.7 Å². The van der Waals surface area contributed by atoms with Crippen molar-refractivity contribution in [1.29, 1.82) is 0 Å². The molecule has 0 spiro atoms. The van der Waals surface area contributed by atoms with Gasteiger partial charge in [0.15, 0.2) is 5.78 Å². The van der Waals surface area contributed by atoms with E-state index in [2.05, 4.69) is 22.3 Å². The largest absolute Gasteiger partial charge is 0.355 e. The van der Waals surface area contributed by atoms with E-state index < -0.39 is 0 Å². The van der Waals surface area contributed by atoms with Crippen molar-refractivity contribution >= 4 is 23.0 Å². The molecule has 0 fully saturated rings. The van der Waals surface area contributed by atoms with Crippen molar-refractivity contribution in [3.63, 3.8) is 0 Å². The summed E-state index contributed by atoms with van der Waals surface area (Å²) in [6.45, 7) is 0.577. The molecule has 2 aromatic rings. The summed E-state index contributed by atoms with van der Waals surface area (Å²) in [5.41, 5.74) is 1.25. The highest BCUT2D eigenvalue weighted by Crippen LogP contribution is 2.12. The third-order valence-electron chi connectivity index (χ3n) is 3.95. The number of carbonyl (C=O) groups is 2. The number of Topliss-reactive ketones (excluding diaryl/α,β-unsaturated/α-hetero) is 1. The van der Waals surface area contributed by atoms with Crippen LogP contribution in [-0.4, -0.2) is 43.3 Å². The maximum Gasteiger partial charge on any atom is 0.220 e. The lowest BCUT2D eigenvalue weighted by Crippen LogP contribution is -2.41. The second-order valence-electron chi connectivity index (χ2n) is 6.01. The molecule has 0 saturated carbocycles. The molecule has 0 aliphatic heterocycles. The van der Waals surface area contributed by atoms with E-state index in [1.165, 1.54) is 16.9 Å². The van der Waals surface area contributed by atoms with Crippen molar-refractivity contribution in [3.05, 3.63) is 58.3 Å². The normalized spacial score (nSPS) is 12.1. The number of nitrogens with zero attached hydrogens (tertiary/aromatic N) is 1. The first-order valence-electron chi connectivity index (χ1n) is 8.10. The van der Waals surface area contributed by atoms with Crippen molar-refractivity contribution in [2.75, 3.05) is 20.6 Å². The molecule has 2 rings (SSSR count). The van der Waals surface area contributed by atoms with Gasteiger partial charge in [-0.15, -0.1) is 11.3 Å². The van der Waals surface area contributed by atoms with Crippen LogP contribution in [0.15, 0.2) is 47.8 Å². The number of likely N-dealkylation sites (N-methyl/N-ethyl adjacent to an activating group) is 1. The van der Waals surface area contributed by atoms with Crippen molar-refractivity contribution in [3.8, 4) is 0 Å². The minimum absolute atomic E-state index is 0.0357. The molecule has 1 N–H and O–H groups in total. The first-order valence-corrected chi connectivity index (χ1v) is 8.98. The van der Waals surface area contributed by atoms with Gasteiger partial charge < -0.3 is 10.2 Å². The van der Waals surface area contributed by atoms with Crippen LogP contribution < -0.4 is 5.32 Å². The summed E-state index contributed by atoms with van der Waals surface area (Å²) in [5.74, 6) is -0.0339. The van der Waals surface area contributed by atoms with Crippen LogP contribution in [0.4, 0.5) is 0 Å². The lowest BCUT2D eigenvalue weighted by molar-refractivity contribution is -0.121. The molecular formula is C19H24N2O2S. The van der Waals surface area contributed by atoms with Gasteiger partial charge in [-0.25, -0.2) is 0 Å². The summed E-state index contributed by atoms with van der Waals surface area (Å²) in [6, 6.07) is 14.1. The summed E-state index contributed by atoms with van der Waals surface area (Å²) in [6.07, 6.45) is 1.38. The zero-order valence-electron chi connectivity index (χ0n) is 14.2. The zero-order valence-corrected chi connectivity index (χ0v) is 15.0. The molecule has 0 radical (unpaired) electrons. The lowest BCUT2D eigenvalue weighted by atomic mass is 10.1. The lowest BCUT2D eigenvalue weighted by Gasteiger charge is -2.24. The summed E-state index contributed by atoms with van der Waals surface area (Å²) < 4.78 is 0. The Balaban J connectivity index is 1.76. The third kappa shape index (κ3) is 5.91. The van der Waals surface area contributed by atoms with Gasteiger partial charge in [-0.05, 0) is 37.5 Å². The van der Waals surface area contributed by atoms with Gasteiger partial charge in [0, 0.05) is 25.4 Å². The predicted octanol–water partition coefficient (Wildman–Crippen LogP) is 3.00. The van der Waals surface area contributed by atoms with E-state index in [-0.39, 0.29) is 30.6 Å². The van der Waals surface area contributed by atoms with Crippen molar-refractivity contribution in [2.45, 2.75) is 25.3 Å². The van der Waals surface area contributed by atoms with Gasteiger partial charge in [-0.3, -0.25) is 9.59 Å². The van der Waals surface area contributed by atoms with Gasteiger partial charge in [0.2, 0.25) is 5.91 Å². The van der Waals surface area contributed by atoms with Crippen LogP contribution in [0.25, 0.3) is 0 Å². The van der Waals surface area contributed by atoms with Gasteiger partial charge >= 0.3 is 0 Å². The number of amides is 1. The van der Waals surface area contributed by atoms with Crippen LogP contribution in [0.3, 0.4) is 0 Å². The number of benzene rings is 1. The highest BCUT2D eigenvalue weighted by atomic mass is 32.1. The van der Waals surface area contributed by atoms with Crippen LogP contribution in [0.2, 0.25) is 0 Å². The standard InChI is InChI=1S/C19H24N2O2S/c1-21(2)16(13-15-7-4-3-5-8-15)14-20-19(23)11-10-17(22)18-9-6-12-24-18/h3-9,12,16H,10-11,13-14H2,1-2H3,(H,20,23)/t16-/m0/s1. The molecule has 4 nitrogen and oxygen atoms in total. The summed E-state index contributed by atoms with van der Waals surface area (Å²) >= 11 is 1.42. The fourth-order valence-electron chi connectivity index (χ4n) is 2.43. The SMILES string of the molecule is CN(C)[C@H](CNC(=O)CCC(=O)c1cccs1)Cc1ccccc1. The molecular weight excluding hydrogens is 320 g/mol. The van der Waals surface area contributed by atoms with E-state index >= 15 is 0 Å². The molecule has 0 saturated heterocycles. The fourth-order valence-corrected chi connectivity index (χ4v) is 3.13. The molecule has 128 valence electrons. The zero-order chi connectivity index (χ0) is 17.4. The van der Waals surface area contributed by atoms with Crippen molar-refractivity contribution < 1.29 is 9.59 Å². The summed E-state index contributed by atoms with van der Waals surface area (Å²) in [5, 5.41) is 4.83. The van der Waals surface area contributed by atoms with Gasteiger partial charge in [-0.1, -0.05) is 36.4 Å². The van der Waals surface area contributed by atoms with Gasteiger partial charge in [0.25, 0.3) is 0 Å². The topological polar surface area (TPSA) is 49.4 Å². The van der Waals surface area contributed by atoms with E-state index in [4.69, 9.17) is 0 Å². The van der Waals surface area contributed by atoms with E-state index in [0.29, 0.717) is 6.54 Å². The van der Waals surface area contributed by atoms with Crippen LogP contribution in [0.1, 0.15) is 28.1 Å². The van der Waals surface area contributed by atoms with E-state index in [0.717, 1.165) is 11.3 Å². The van der Waals surface area contributed by atoms with E-state index in [9.17, 15) is 9.59 Å². The molecule has 1 amide bonds. The minimum atomic E-state index is -0.0696. The fraction of sp³-hybridized carbons (Fsp3) is 0.368. The quantitative estimate of drug-likeness (QED) is 0.712. The van der Waals surface area contributed by atoms with Crippen LogP contribution in [0.5, 0.6) is 0 Å². The molecule has 24 heavy (non-hydrogen) atoms. The molecule has 0 aliphatic carbocycles. The second kappa shape index (κ2) is 9.35. The molecule has 0 bridgehead atoms. The average molecular weight is 344 g/mol. The number of hydrogen-bond donors (Lipinski definition) is 1. The Hall–Kier alpha value is -1.98. The van der Waals surface area contributed by atoms with Crippen molar-refractivity contribution in [2.24, 2.45) is 0 Å². The summed E-state index contributed by atoms with van der Waals surface area (Å²) in [4.78, 5) is 26.8. The van der Waals surface area contributed by atoms with Crippen molar-refractivity contribution in [1.82, 2.24) is 10.2 Å². The third-order valence-corrected chi connectivity index (χ3v) is 4.87. The highest BCUT2D eigenvalue weighted by molar-refractivity contribution is 7.12. The second-order valence-corrected chi connectivity index (χ2v) is 6.96. The Morgan fingerprint density at radius 3 is 2.46 bits per heavy atom. The van der Waals surface area contributed by atoms with Gasteiger partial charge in [0.1, 0.15) is 0 Å². The van der Waals surface area contributed by atoms with Crippen LogP contribution in [-0.2, 0) is 11.2 Å². The predicted molar refractivity (Wildman–Crippen MR) is 98.5 cm³/mol. The Morgan fingerprint density at radius 1 is 1.08 bits per heavy atom. The molecule has 1 aromatic carbocycles. The number of thiophene rings is 1. The molecule has 1 heterocycles. The Bertz CT molecular complexity index is 639. The number of rotatable bonds is 9. The molecule has 0 aliphatic rings. The van der Waals surface area contributed by atoms with Crippen LogP contribution in [0, 0.1) is 0 Å². The Labute approximate surface area is 147 Å². The first-order chi connectivity index (χ1) is 11.6. The highest BCUT2D eigenvalue weighted by Gasteiger charge is 2.15. The first kappa shape index (κ1) is 18.4. The Kier molecular flexibility index (Phi) is 7.15. The maximum atomic E-state index is 12.0. The Morgan fingerprint density at radius 2 is 1.83 bits per heavy atom.